The molecule has 0 aliphatic carbocycles. The van der Waals surface area contributed by atoms with Crippen LogP contribution in [0.1, 0.15) is 27.2 Å². The molecule has 1 aromatic heterocycles. The van der Waals surface area contributed by atoms with E-state index < -0.39 is 5.97 Å². The first-order valence-corrected chi connectivity index (χ1v) is 6.88. The number of benzene rings is 1. The maximum atomic E-state index is 12.1. The Morgan fingerprint density at radius 3 is 2.95 bits per heavy atom. The van der Waals surface area contributed by atoms with Crippen LogP contribution in [0.15, 0.2) is 34.9 Å². The van der Waals surface area contributed by atoms with Gasteiger partial charge in [0.25, 0.3) is 0 Å². The molecule has 2 rings (SSSR count). The van der Waals surface area contributed by atoms with Gasteiger partial charge in [0.1, 0.15) is 18.4 Å². The molecule has 5 nitrogen and oxygen atoms in total. The van der Waals surface area contributed by atoms with E-state index in [1.165, 1.54) is 6.20 Å². The van der Waals surface area contributed by atoms with Crippen molar-refractivity contribution >= 4 is 27.6 Å². The second kappa shape index (κ2) is 6.37. The van der Waals surface area contributed by atoms with Gasteiger partial charge in [-0.05, 0) is 42.3 Å². The van der Waals surface area contributed by atoms with E-state index in [-0.39, 0.29) is 12.3 Å². The lowest BCUT2D eigenvalue weighted by molar-refractivity contribution is 0.0471. The molecular formula is C15H12BrN3O2. The smallest absolute Gasteiger partial charge is 0.338 e. The first-order chi connectivity index (χ1) is 10.0. The van der Waals surface area contributed by atoms with E-state index in [2.05, 4.69) is 20.9 Å². The number of esters is 1. The molecule has 0 saturated heterocycles. The lowest BCUT2D eigenvalue weighted by Crippen LogP contribution is -2.09. The van der Waals surface area contributed by atoms with E-state index in [1.807, 2.05) is 6.07 Å². The van der Waals surface area contributed by atoms with Crippen molar-refractivity contribution < 1.29 is 9.53 Å². The molecular weight excluding hydrogens is 334 g/mol. The normalized spacial score (nSPS) is 9.95. The lowest BCUT2D eigenvalue weighted by atomic mass is 10.1. The molecule has 2 aromatic rings. The summed E-state index contributed by atoms with van der Waals surface area (Å²) in [6, 6.07) is 8.60. The van der Waals surface area contributed by atoms with Crippen LogP contribution in [0, 0.1) is 18.3 Å². The summed E-state index contributed by atoms with van der Waals surface area (Å²) < 4.78 is 5.97. The Kier molecular flexibility index (Phi) is 4.55. The molecule has 0 atom stereocenters. The fraction of sp³-hybridized carbons (Fsp3) is 0.133. The number of nitrogen functional groups attached to an aromatic ring is 1. The van der Waals surface area contributed by atoms with E-state index in [0.717, 1.165) is 0 Å². The highest BCUT2D eigenvalue weighted by Crippen LogP contribution is 2.23. The summed E-state index contributed by atoms with van der Waals surface area (Å²) in [5, 5.41) is 8.78. The maximum absolute atomic E-state index is 12.1. The fourth-order valence-electron chi connectivity index (χ4n) is 1.76. The summed E-state index contributed by atoms with van der Waals surface area (Å²) in [5.74, 6) is -0.462. The summed E-state index contributed by atoms with van der Waals surface area (Å²) in [6.45, 7) is 1.83. The fourth-order valence-corrected chi connectivity index (χ4v) is 2.24. The highest BCUT2D eigenvalue weighted by atomic mass is 79.9. The van der Waals surface area contributed by atoms with Crippen molar-refractivity contribution in [2.45, 2.75) is 13.5 Å². The predicted octanol–water partition coefficient (Wildman–Crippen LogP) is 2.96. The third kappa shape index (κ3) is 3.58. The minimum Gasteiger partial charge on any atom is -0.457 e. The number of ether oxygens (including phenoxy) is 1. The van der Waals surface area contributed by atoms with Gasteiger partial charge >= 0.3 is 5.97 Å². The molecule has 21 heavy (non-hydrogen) atoms. The number of nitrogens with two attached hydrogens (primary N) is 1. The van der Waals surface area contributed by atoms with Gasteiger partial charge in [-0.2, -0.15) is 5.26 Å². The van der Waals surface area contributed by atoms with Crippen LogP contribution in [0.25, 0.3) is 0 Å². The zero-order valence-corrected chi connectivity index (χ0v) is 12.8. The Morgan fingerprint density at radius 1 is 1.48 bits per heavy atom. The van der Waals surface area contributed by atoms with E-state index in [9.17, 15) is 4.79 Å². The molecule has 2 N–H and O–H groups in total. The largest absolute Gasteiger partial charge is 0.457 e. The number of aromatic nitrogens is 1. The van der Waals surface area contributed by atoms with E-state index in [4.69, 9.17) is 15.7 Å². The van der Waals surface area contributed by atoms with Crippen molar-refractivity contribution in [2.24, 2.45) is 0 Å². The first-order valence-electron chi connectivity index (χ1n) is 6.09. The van der Waals surface area contributed by atoms with Crippen LogP contribution in [0.3, 0.4) is 0 Å². The molecule has 0 aliphatic rings. The van der Waals surface area contributed by atoms with Gasteiger partial charge in [0, 0.05) is 16.4 Å². The molecule has 0 saturated carbocycles. The van der Waals surface area contributed by atoms with Crippen LogP contribution in [0.2, 0.25) is 0 Å². The molecule has 6 heteroatoms. The topological polar surface area (TPSA) is 89.0 Å². The van der Waals surface area contributed by atoms with Crippen molar-refractivity contribution in [3.05, 3.63) is 57.3 Å². The number of pyridine rings is 1. The molecule has 0 spiro atoms. The minimum atomic E-state index is -0.462. The molecule has 0 radical (unpaired) electrons. The number of carbonyl (C=O) groups excluding carboxylic acids is 1. The zero-order chi connectivity index (χ0) is 15.4. The average molecular weight is 346 g/mol. The monoisotopic (exact) mass is 345 g/mol. The van der Waals surface area contributed by atoms with Gasteiger partial charge < -0.3 is 10.5 Å². The SMILES string of the molecule is Cc1c(N)cc(Br)cc1C(=O)OCc1ccnc(C#N)c1. The third-order valence-corrected chi connectivity index (χ3v) is 3.40. The summed E-state index contributed by atoms with van der Waals surface area (Å²) in [6.07, 6.45) is 1.50. The Labute approximate surface area is 130 Å². The molecule has 0 unspecified atom stereocenters. The van der Waals surface area contributed by atoms with Crippen molar-refractivity contribution in [3.63, 3.8) is 0 Å². The lowest BCUT2D eigenvalue weighted by Gasteiger charge is -2.10. The number of hydrogen-bond donors (Lipinski definition) is 1. The van der Waals surface area contributed by atoms with E-state index >= 15 is 0 Å². The van der Waals surface area contributed by atoms with Crippen LogP contribution >= 0.6 is 15.9 Å². The Balaban J connectivity index is 2.14. The Hall–Kier alpha value is -2.39. The quantitative estimate of drug-likeness (QED) is 0.682. The summed E-state index contributed by atoms with van der Waals surface area (Å²) in [7, 11) is 0. The van der Waals surface area contributed by atoms with Gasteiger partial charge in [-0.25, -0.2) is 9.78 Å². The number of hydrogen-bond acceptors (Lipinski definition) is 5. The van der Waals surface area contributed by atoms with Crippen LogP contribution in [-0.2, 0) is 11.3 Å². The van der Waals surface area contributed by atoms with Crippen molar-refractivity contribution in [3.8, 4) is 6.07 Å². The zero-order valence-electron chi connectivity index (χ0n) is 11.3. The highest BCUT2D eigenvalue weighted by molar-refractivity contribution is 9.10. The van der Waals surface area contributed by atoms with Crippen molar-refractivity contribution in [1.29, 1.82) is 5.26 Å². The molecule has 0 bridgehead atoms. The number of rotatable bonds is 3. The second-order valence-electron chi connectivity index (χ2n) is 4.40. The van der Waals surface area contributed by atoms with Crippen LogP contribution in [0.5, 0.6) is 0 Å². The number of halogens is 1. The number of anilines is 1. The van der Waals surface area contributed by atoms with E-state index in [1.54, 1.807) is 31.2 Å². The van der Waals surface area contributed by atoms with Gasteiger partial charge in [0.2, 0.25) is 0 Å². The van der Waals surface area contributed by atoms with Gasteiger partial charge in [0.05, 0.1) is 5.56 Å². The van der Waals surface area contributed by atoms with Crippen molar-refractivity contribution in [1.82, 2.24) is 4.98 Å². The Bertz CT molecular complexity index is 738. The average Bonchev–Trinajstić information content (AvgIpc) is 2.48. The molecule has 106 valence electrons. The molecule has 0 amide bonds. The minimum absolute atomic E-state index is 0.0713. The summed E-state index contributed by atoms with van der Waals surface area (Å²) >= 11 is 3.30. The second-order valence-corrected chi connectivity index (χ2v) is 5.32. The summed E-state index contributed by atoms with van der Waals surface area (Å²) in [4.78, 5) is 16.0. The number of nitriles is 1. The standard InChI is InChI=1S/C15H12BrN3O2/c1-9-13(5-11(16)6-14(9)18)15(20)21-8-10-2-3-19-12(4-10)7-17/h2-6H,8,18H2,1H3. The van der Waals surface area contributed by atoms with Gasteiger partial charge in [0.15, 0.2) is 0 Å². The van der Waals surface area contributed by atoms with Crippen molar-refractivity contribution in [2.75, 3.05) is 5.73 Å². The summed E-state index contributed by atoms with van der Waals surface area (Å²) in [5.41, 5.74) is 8.42. The maximum Gasteiger partial charge on any atom is 0.338 e. The van der Waals surface area contributed by atoms with E-state index in [0.29, 0.717) is 26.9 Å². The van der Waals surface area contributed by atoms with Crippen LogP contribution < -0.4 is 5.73 Å². The first kappa shape index (κ1) is 15.0. The van der Waals surface area contributed by atoms with Gasteiger partial charge in [-0.1, -0.05) is 15.9 Å². The highest BCUT2D eigenvalue weighted by Gasteiger charge is 2.14. The Morgan fingerprint density at radius 2 is 2.24 bits per heavy atom. The van der Waals surface area contributed by atoms with Gasteiger partial charge in [-0.15, -0.1) is 0 Å². The molecule has 0 fully saturated rings. The molecule has 0 aliphatic heterocycles. The predicted molar refractivity (Wildman–Crippen MR) is 81.4 cm³/mol. The number of nitrogens with zero attached hydrogens (tertiary/aromatic N) is 2. The van der Waals surface area contributed by atoms with Gasteiger partial charge in [-0.3, -0.25) is 0 Å². The number of carbonyl (C=O) groups is 1. The van der Waals surface area contributed by atoms with Crippen LogP contribution in [-0.4, -0.2) is 11.0 Å². The van der Waals surface area contributed by atoms with Crippen LogP contribution in [0.4, 0.5) is 5.69 Å². The third-order valence-electron chi connectivity index (χ3n) is 2.94. The molecule has 1 aromatic carbocycles. The molecule has 1 heterocycles.